The minimum Gasteiger partial charge on any atom is -0.326 e. The SMILES string of the molecule is O=C(On1ccnc1)C(=O)n1ccnc1. The Balaban J connectivity index is 2.06. The summed E-state index contributed by atoms with van der Waals surface area (Å²) >= 11 is 0. The third-order valence-corrected chi connectivity index (χ3v) is 1.58. The smallest absolute Gasteiger partial charge is 0.326 e. The van der Waals surface area contributed by atoms with Gasteiger partial charge >= 0.3 is 11.9 Å². The lowest BCUT2D eigenvalue weighted by Gasteiger charge is -2.01. The highest BCUT2D eigenvalue weighted by molar-refractivity contribution is 6.33. The molecule has 0 aliphatic rings. The molecule has 0 radical (unpaired) electrons. The van der Waals surface area contributed by atoms with Crippen LogP contribution in [0, 0.1) is 0 Å². The van der Waals surface area contributed by atoms with Crippen molar-refractivity contribution in [2.24, 2.45) is 0 Å². The lowest BCUT2D eigenvalue weighted by molar-refractivity contribution is -0.139. The standard InChI is InChI=1S/C8H6N4O3/c13-7(11-3-1-9-5-11)8(14)15-12-4-2-10-6-12/h1-6H. The predicted molar refractivity (Wildman–Crippen MR) is 46.7 cm³/mol. The molecule has 0 fully saturated rings. The van der Waals surface area contributed by atoms with Crippen LogP contribution < -0.4 is 4.84 Å². The molecule has 0 N–H and O–H groups in total. The van der Waals surface area contributed by atoms with Gasteiger partial charge in [-0.15, -0.1) is 0 Å². The molecule has 0 unspecified atom stereocenters. The van der Waals surface area contributed by atoms with E-state index in [1.807, 2.05) is 0 Å². The van der Waals surface area contributed by atoms with E-state index in [0.717, 1.165) is 9.30 Å². The number of hydrogen-bond acceptors (Lipinski definition) is 5. The Hall–Kier alpha value is -2.44. The molecule has 0 aliphatic heterocycles. The Morgan fingerprint density at radius 1 is 1.07 bits per heavy atom. The van der Waals surface area contributed by atoms with E-state index in [9.17, 15) is 9.59 Å². The minimum atomic E-state index is -1.01. The van der Waals surface area contributed by atoms with E-state index >= 15 is 0 Å². The van der Waals surface area contributed by atoms with Gasteiger partial charge in [0.15, 0.2) is 0 Å². The van der Waals surface area contributed by atoms with Gasteiger partial charge < -0.3 is 4.84 Å². The largest absolute Gasteiger partial charge is 0.422 e. The summed E-state index contributed by atoms with van der Waals surface area (Å²) < 4.78 is 2.07. The van der Waals surface area contributed by atoms with Crippen molar-refractivity contribution in [1.29, 1.82) is 0 Å². The third-order valence-electron chi connectivity index (χ3n) is 1.58. The van der Waals surface area contributed by atoms with Gasteiger partial charge in [-0.1, -0.05) is 0 Å². The molecule has 2 aromatic heterocycles. The van der Waals surface area contributed by atoms with Crippen LogP contribution in [0.3, 0.4) is 0 Å². The van der Waals surface area contributed by atoms with Gasteiger partial charge in [-0.25, -0.2) is 14.8 Å². The van der Waals surface area contributed by atoms with Crippen LogP contribution in [-0.4, -0.2) is 31.1 Å². The number of carbonyl (C=O) groups is 2. The minimum absolute atomic E-state index is 0.818. The number of carbonyl (C=O) groups excluding carboxylic acids is 2. The maximum Gasteiger partial charge on any atom is 0.422 e. The average Bonchev–Trinajstić information content (AvgIpc) is 2.88. The molecule has 0 bridgehead atoms. The summed E-state index contributed by atoms with van der Waals surface area (Å²) in [6.07, 6.45) is 8.06. The first-order valence-corrected chi connectivity index (χ1v) is 4.00. The molecule has 7 heteroatoms. The number of nitrogens with zero attached hydrogens (tertiary/aromatic N) is 4. The summed E-state index contributed by atoms with van der Waals surface area (Å²) in [7, 11) is 0. The van der Waals surface area contributed by atoms with Crippen LogP contribution in [0.2, 0.25) is 0 Å². The number of aromatic nitrogens is 4. The van der Waals surface area contributed by atoms with Crippen LogP contribution in [-0.2, 0) is 4.79 Å². The Bertz CT molecular complexity index is 460. The van der Waals surface area contributed by atoms with Crippen molar-refractivity contribution in [1.82, 2.24) is 19.3 Å². The monoisotopic (exact) mass is 206 g/mol. The van der Waals surface area contributed by atoms with Gasteiger partial charge in [0.2, 0.25) is 0 Å². The highest BCUT2D eigenvalue weighted by Crippen LogP contribution is 1.88. The zero-order valence-electron chi connectivity index (χ0n) is 7.48. The molecule has 2 rings (SSSR count). The van der Waals surface area contributed by atoms with Gasteiger partial charge in [-0.2, -0.15) is 4.73 Å². The van der Waals surface area contributed by atoms with Gasteiger partial charge in [0.1, 0.15) is 12.7 Å². The second-order valence-electron chi connectivity index (χ2n) is 2.58. The van der Waals surface area contributed by atoms with Crippen molar-refractivity contribution < 1.29 is 14.4 Å². The van der Waals surface area contributed by atoms with Crippen LogP contribution in [0.5, 0.6) is 0 Å². The van der Waals surface area contributed by atoms with Gasteiger partial charge in [0.25, 0.3) is 0 Å². The summed E-state index contributed by atoms with van der Waals surface area (Å²) in [5, 5.41) is 0. The van der Waals surface area contributed by atoms with Gasteiger partial charge in [-0.3, -0.25) is 9.36 Å². The van der Waals surface area contributed by atoms with Gasteiger partial charge in [-0.05, 0) is 0 Å². The van der Waals surface area contributed by atoms with Crippen molar-refractivity contribution in [3.05, 3.63) is 37.4 Å². The third kappa shape index (κ3) is 1.90. The van der Waals surface area contributed by atoms with E-state index in [2.05, 4.69) is 14.8 Å². The topological polar surface area (TPSA) is 79.0 Å². The predicted octanol–water partition coefficient (Wildman–Crippen LogP) is -0.625. The molecule has 2 heterocycles. The molecule has 0 aromatic carbocycles. The molecule has 0 saturated carbocycles. The summed E-state index contributed by atoms with van der Waals surface area (Å²) in [5.74, 6) is -1.83. The second-order valence-corrected chi connectivity index (χ2v) is 2.58. The Morgan fingerprint density at radius 2 is 1.80 bits per heavy atom. The van der Waals surface area contributed by atoms with Crippen LogP contribution in [0.25, 0.3) is 0 Å². The second kappa shape index (κ2) is 3.74. The molecular weight excluding hydrogens is 200 g/mol. The Labute approximate surface area is 83.9 Å². The first-order valence-electron chi connectivity index (χ1n) is 4.00. The van der Waals surface area contributed by atoms with Crippen LogP contribution in [0.15, 0.2) is 37.4 Å². The molecule has 7 nitrogen and oxygen atoms in total. The zero-order valence-corrected chi connectivity index (χ0v) is 7.48. The molecule has 76 valence electrons. The summed E-state index contributed by atoms with van der Waals surface area (Å²) in [6.45, 7) is 0. The fourth-order valence-electron chi connectivity index (χ4n) is 0.920. The van der Waals surface area contributed by atoms with Crippen LogP contribution in [0.1, 0.15) is 4.79 Å². The highest BCUT2D eigenvalue weighted by Gasteiger charge is 2.18. The lowest BCUT2D eigenvalue weighted by Crippen LogP contribution is -2.30. The Kier molecular flexibility index (Phi) is 2.28. The van der Waals surface area contributed by atoms with E-state index < -0.39 is 11.9 Å². The van der Waals surface area contributed by atoms with Crippen molar-refractivity contribution >= 4 is 11.9 Å². The first kappa shape index (κ1) is 9.13. The summed E-state index contributed by atoms with van der Waals surface area (Å²) in [5.41, 5.74) is 0. The quantitative estimate of drug-likeness (QED) is 0.581. The lowest BCUT2D eigenvalue weighted by atomic mass is 10.6. The molecule has 0 saturated heterocycles. The van der Waals surface area contributed by atoms with Crippen LogP contribution >= 0.6 is 0 Å². The fourth-order valence-corrected chi connectivity index (χ4v) is 0.920. The highest BCUT2D eigenvalue weighted by atomic mass is 16.7. The van der Waals surface area contributed by atoms with E-state index in [1.54, 1.807) is 0 Å². The Morgan fingerprint density at radius 3 is 2.40 bits per heavy atom. The normalized spacial score (nSPS) is 9.87. The molecule has 0 atom stereocenters. The van der Waals surface area contributed by atoms with Crippen molar-refractivity contribution in [2.45, 2.75) is 0 Å². The first-order chi connectivity index (χ1) is 7.27. The van der Waals surface area contributed by atoms with E-state index in [0.29, 0.717) is 0 Å². The van der Waals surface area contributed by atoms with Gasteiger partial charge in [0.05, 0.1) is 6.20 Å². The average molecular weight is 206 g/mol. The zero-order chi connectivity index (χ0) is 10.7. The van der Waals surface area contributed by atoms with E-state index in [1.165, 1.54) is 37.4 Å². The summed E-state index contributed by atoms with van der Waals surface area (Å²) in [6, 6.07) is 0. The molecule has 2 aromatic rings. The van der Waals surface area contributed by atoms with Gasteiger partial charge in [0, 0.05) is 18.6 Å². The molecule has 0 aliphatic carbocycles. The number of hydrogen-bond donors (Lipinski definition) is 0. The maximum absolute atomic E-state index is 11.3. The van der Waals surface area contributed by atoms with Crippen molar-refractivity contribution in [2.75, 3.05) is 0 Å². The maximum atomic E-state index is 11.3. The molecule has 15 heavy (non-hydrogen) atoms. The molecule has 0 spiro atoms. The van der Waals surface area contributed by atoms with E-state index in [-0.39, 0.29) is 0 Å². The number of imidazole rings is 2. The molecular formula is C8H6N4O3. The van der Waals surface area contributed by atoms with Crippen molar-refractivity contribution in [3.63, 3.8) is 0 Å². The van der Waals surface area contributed by atoms with Crippen LogP contribution in [0.4, 0.5) is 0 Å². The van der Waals surface area contributed by atoms with Crippen molar-refractivity contribution in [3.8, 4) is 0 Å². The fraction of sp³-hybridized carbons (Fsp3) is 0. The van der Waals surface area contributed by atoms with E-state index in [4.69, 9.17) is 0 Å². The summed E-state index contributed by atoms with van der Waals surface area (Å²) in [4.78, 5) is 34.5. The number of rotatable bonds is 1. The molecule has 0 amide bonds.